The van der Waals surface area contributed by atoms with Crippen molar-refractivity contribution in [2.24, 2.45) is 0 Å². The minimum absolute atomic E-state index is 0.0270. The van der Waals surface area contributed by atoms with Crippen LogP contribution in [0.15, 0.2) is 97.1 Å². The molecule has 0 atom stereocenters. The lowest BCUT2D eigenvalue weighted by molar-refractivity contribution is 0.332. The summed E-state index contributed by atoms with van der Waals surface area (Å²) >= 11 is 2.03. The fraction of sp³-hybridized carbons (Fsp3) is 0.379. The summed E-state index contributed by atoms with van der Waals surface area (Å²) < 4.78 is 1.40. The number of anilines is 5. The largest absolute Gasteiger partial charge is 0.376 e. The first kappa shape index (κ1) is 40.0. The van der Waals surface area contributed by atoms with Gasteiger partial charge in [0.15, 0.2) is 0 Å². The monoisotopic (exact) mass is 830 g/mol. The third-order valence-corrected chi connectivity index (χ3v) is 17.2. The first-order chi connectivity index (χ1) is 29.2. The molecule has 6 aromatic carbocycles. The van der Waals surface area contributed by atoms with Crippen molar-refractivity contribution in [3.05, 3.63) is 136 Å². The third-order valence-electron chi connectivity index (χ3n) is 16.1. The second-order valence-electron chi connectivity index (χ2n) is 23.3. The van der Waals surface area contributed by atoms with Crippen LogP contribution >= 0.6 is 11.3 Å². The van der Waals surface area contributed by atoms with E-state index < -0.39 is 0 Å². The summed E-state index contributed by atoms with van der Waals surface area (Å²) in [6.45, 7) is 31.4. The number of hydrogen-bond donors (Lipinski definition) is 0. The number of fused-ring (bicyclic) bond motifs is 10. The van der Waals surface area contributed by atoms with Crippen LogP contribution in [0.4, 0.5) is 27.8 Å². The molecule has 1 aromatic heterocycles. The van der Waals surface area contributed by atoms with Crippen LogP contribution in [0.1, 0.15) is 141 Å². The van der Waals surface area contributed by atoms with Gasteiger partial charge in [-0.1, -0.05) is 131 Å². The third kappa shape index (κ3) is 5.67. The van der Waals surface area contributed by atoms with Crippen molar-refractivity contribution in [1.82, 2.24) is 0 Å². The van der Waals surface area contributed by atoms with Gasteiger partial charge in [-0.2, -0.15) is 0 Å². The maximum atomic E-state index is 2.74. The quantitative estimate of drug-likeness (QED) is 0.160. The van der Waals surface area contributed by atoms with Crippen LogP contribution in [-0.2, 0) is 27.1 Å². The zero-order valence-electron chi connectivity index (χ0n) is 39.4. The molecule has 0 bridgehead atoms. The molecule has 0 saturated carbocycles. The molecule has 314 valence electrons. The zero-order valence-corrected chi connectivity index (χ0v) is 40.3. The molecule has 4 heteroatoms. The molecular weight excluding hydrogens is 768 g/mol. The Hall–Kier alpha value is -4.80. The average molecular weight is 831 g/mol. The molecular formula is C58H63BN2S. The Labute approximate surface area is 375 Å². The van der Waals surface area contributed by atoms with E-state index in [9.17, 15) is 0 Å². The normalized spacial score (nSPS) is 18.9. The molecule has 11 rings (SSSR count). The van der Waals surface area contributed by atoms with Crippen molar-refractivity contribution >= 4 is 77.7 Å². The smallest absolute Gasteiger partial charge is 0.334 e. The Bertz CT molecular complexity index is 3040. The SMILES string of the molecule is Cc1cc2c3c(c1)N(c1cc4c(cc1C)C(C)(C)CCC4(C)C)c1sc4cc5c(cc4c1B3N(c1ccc(C(C)(C)C)cc1)c1ccc3ccccc3c1-2)C(C)(C)CCC5(C)C. The lowest BCUT2D eigenvalue weighted by Crippen LogP contribution is -2.61. The number of nitrogens with zero attached hydrogens (tertiary/aromatic N) is 2. The molecule has 0 amide bonds. The predicted octanol–water partition coefficient (Wildman–Crippen LogP) is 15.4. The number of benzene rings is 6. The Balaban J connectivity index is 1.30. The van der Waals surface area contributed by atoms with E-state index in [0.29, 0.717) is 0 Å². The van der Waals surface area contributed by atoms with E-state index in [1.807, 2.05) is 11.3 Å². The summed E-state index contributed by atoms with van der Waals surface area (Å²) in [6, 6.07) is 38.9. The van der Waals surface area contributed by atoms with Crippen molar-refractivity contribution in [2.45, 2.75) is 143 Å². The molecule has 2 aliphatic carbocycles. The van der Waals surface area contributed by atoms with Gasteiger partial charge in [0.05, 0.1) is 10.7 Å². The topological polar surface area (TPSA) is 6.48 Å². The van der Waals surface area contributed by atoms with Crippen LogP contribution < -0.4 is 20.6 Å². The molecule has 0 spiro atoms. The van der Waals surface area contributed by atoms with Gasteiger partial charge in [-0.05, 0) is 181 Å². The molecule has 2 aliphatic heterocycles. The molecule has 7 aromatic rings. The number of thiophene rings is 1. The standard InChI is InChI=1S/C58H63BN2S/c1-34-28-41-50-39-17-15-14-16-36(39)18-23-46(50)61(38-21-19-37(20-22-38)54(3,4)5)59-51(41)48(29-34)60(47-32-44-42(30-35(47)2)55(6,7)24-26-57(44,10)11)53-52(59)40-31-43-45(33-49(40)62-53)58(12,13)27-25-56(43,8)9/h14-23,28-33H,24-27H2,1-13H3. The molecule has 0 unspecified atom stereocenters. The molecule has 0 saturated heterocycles. The summed E-state index contributed by atoms with van der Waals surface area (Å²) in [4.78, 5) is 5.47. The van der Waals surface area contributed by atoms with Crippen molar-refractivity contribution in [2.75, 3.05) is 9.71 Å². The summed E-state index contributed by atoms with van der Waals surface area (Å²) in [5.41, 5.74) is 21.3. The highest BCUT2D eigenvalue weighted by atomic mass is 32.1. The highest BCUT2D eigenvalue weighted by Crippen LogP contribution is 2.56. The second-order valence-corrected chi connectivity index (χ2v) is 24.3. The molecule has 0 radical (unpaired) electrons. The van der Waals surface area contributed by atoms with Gasteiger partial charge < -0.3 is 9.71 Å². The van der Waals surface area contributed by atoms with Crippen molar-refractivity contribution in [3.8, 4) is 11.1 Å². The van der Waals surface area contributed by atoms with E-state index in [4.69, 9.17) is 0 Å². The average Bonchev–Trinajstić information content (AvgIpc) is 3.59. The molecule has 4 aliphatic rings. The van der Waals surface area contributed by atoms with Gasteiger partial charge in [0.1, 0.15) is 0 Å². The second kappa shape index (κ2) is 12.9. The maximum absolute atomic E-state index is 2.74. The van der Waals surface area contributed by atoms with Crippen LogP contribution in [0.5, 0.6) is 0 Å². The number of aryl methyl sites for hydroxylation is 2. The van der Waals surface area contributed by atoms with Crippen molar-refractivity contribution < 1.29 is 0 Å². The number of hydrogen-bond acceptors (Lipinski definition) is 3. The van der Waals surface area contributed by atoms with E-state index in [-0.39, 0.29) is 33.9 Å². The lowest BCUT2D eigenvalue weighted by atomic mass is 9.43. The number of rotatable bonds is 2. The summed E-state index contributed by atoms with van der Waals surface area (Å²) in [5, 5.41) is 5.37. The lowest BCUT2D eigenvalue weighted by Gasteiger charge is -2.46. The van der Waals surface area contributed by atoms with Gasteiger partial charge >= 0.3 is 6.85 Å². The van der Waals surface area contributed by atoms with Gasteiger partial charge in [0, 0.05) is 27.3 Å². The van der Waals surface area contributed by atoms with E-state index in [0.717, 1.165) is 0 Å². The van der Waals surface area contributed by atoms with E-state index in [2.05, 4.69) is 197 Å². The van der Waals surface area contributed by atoms with Gasteiger partial charge in [-0.15, -0.1) is 11.3 Å². The summed E-state index contributed by atoms with van der Waals surface area (Å²) in [5.74, 6) is 0. The van der Waals surface area contributed by atoms with Crippen LogP contribution in [0.2, 0.25) is 0 Å². The molecule has 62 heavy (non-hydrogen) atoms. The highest BCUT2D eigenvalue weighted by molar-refractivity contribution is 7.26. The van der Waals surface area contributed by atoms with Crippen molar-refractivity contribution in [3.63, 3.8) is 0 Å². The van der Waals surface area contributed by atoms with Crippen LogP contribution in [0.25, 0.3) is 32.0 Å². The van der Waals surface area contributed by atoms with Gasteiger partial charge in [0.2, 0.25) is 0 Å². The van der Waals surface area contributed by atoms with Crippen molar-refractivity contribution in [1.29, 1.82) is 0 Å². The molecule has 2 nitrogen and oxygen atoms in total. The predicted molar refractivity (Wildman–Crippen MR) is 272 cm³/mol. The zero-order chi connectivity index (χ0) is 43.6. The fourth-order valence-electron chi connectivity index (χ4n) is 12.0. The first-order valence-corrected chi connectivity index (χ1v) is 24.1. The molecule has 0 fully saturated rings. The van der Waals surface area contributed by atoms with E-state index in [1.165, 1.54) is 135 Å². The molecule has 0 N–H and O–H groups in total. The van der Waals surface area contributed by atoms with E-state index in [1.54, 1.807) is 0 Å². The maximum Gasteiger partial charge on any atom is 0.334 e. The van der Waals surface area contributed by atoms with Crippen LogP contribution in [0, 0.1) is 13.8 Å². The minimum Gasteiger partial charge on any atom is -0.376 e. The first-order valence-electron chi connectivity index (χ1n) is 23.3. The Kier molecular flexibility index (Phi) is 8.33. The summed E-state index contributed by atoms with van der Waals surface area (Å²) in [7, 11) is 0. The van der Waals surface area contributed by atoms with E-state index >= 15 is 0 Å². The Morgan fingerprint density at radius 1 is 0.565 bits per heavy atom. The van der Waals surface area contributed by atoms with Gasteiger partial charge in [0.25, 0.3) is 0 Å². The summed E-state index contributed by atoms with van der Waals surface area (Å²) in [6.07, 6.45) is 4.80. The van der Waals surface area contributed by atoms with Crippen LogP contribution in [-0.4, -0.2) is 6.85 Å². The minimum atomic E-state index is -0.0270. The molecule has 3 heterocycles. The van der Waals surface area contributed by atoms with Crippen LogP contribution in [0.3, 0.4) is 0 Å². The van der Waals surface area contributed by atoms with Gasteiger partial charge in [-0.25, -0.2) is 0 Å². The Morgan fingerprint density at radius 3 is 1.81 bits per heavy atom. The Morgan fingerprint density at radius 2 is 1.16 bits per heavy atom. The highest BCUT2D eigenvalue weighted by Gasteiger charge is 2.49. The fourth-order valence-corrected chi connectivity index (χ4v) is 13.3. The van der Waals surface area contributed by atoms with Gasteiger partial charge in [-0.3, -0.25) is 0 Å².